The second-order valence-corrected chi connectivity index (χ2v) is 8.01. The Morgan fingerprint density at radius 1 is 1.24 bits per heavy atom. The molecule has 0 spiro atoms. The molecule has 2 aromatic heterocycles. The van der Waals surface area contributed by atoms with E-state index in [9.17, 15) is 9.59 Å². The molecule has 2 aromatic rings. The van der Waals surface area contributed by atoms with E-state index >= 15 is 0 Å². The minimum absolute atomic E-state index is 0.0566. The van der Waals surface area contributed by atoms with E-state index in [1.54, 1.807) is 0 Å². The van der Waals surface area contributed by atoms with Crippen molar-refractivity contribution < 1.29 is 4.79 Å². The maximum absolute atomic E-state index is 12.8. The molecule has 1 aliphatic carbocycles. The van der Waals surface area contributed by atoms with Gasteiger partial charge in [-0.2, -0.15) is 5.10 Å². The maximum Gasteiger partial charge on any atom is 0.270 e. The number of carbonyl (C=O) groups is 1. The molecule has 7 nitrogen and oxygen atoms in total. The van der Waals surface area contributed by atoms with Crippen LogP contribution in [0.4, 0.5) is 5.82 Å². The number of aromatic amines is 1. The van der Waals surface area contributed by atoms with E-state index < -0.39 is 0 Å². The Labute approximate surface area is 150 Å². The number of aromatic nitrogens is 4. The number of aryl methyl sites for hydroxylation is 1. The largest absolute Gasteiger partial charge is 0.310 e. The number of nitrogens with zero attached hydrogens (tertiary/aromatic N) is 3. The fourth-order valence-electron chi connectivity index (χ4n) is 3.88. The number of fused-ring (bicyclic) bond motifs is 1. The Hall–Kier alpha value is -1.96. The van der Waals surface area contributed by atoms with Gasteiger partial charge in [-0.1, -0.05) is 19.3 Å². The first-order valence-electron chi connectivity index (χ1n) is 8.80. The van der Waals surface area contributed by atoms with Gasteiger partial charge in [0.05, 0.1) is 28.8 Å². The number of rotatable bonds is 2. The summed E-state index contributed by atoms with van der Waals surface area (Å²) >= 11 is 1.49. The summed E-state index contributed by atoms with van der Waals surface area (Å²) in [5.41, 5.74) is 2.56. The molecular weight excluding hydrogens is 338 g/mol. The van der Waals surface area contributed by atoms with Gasteiger partial charge in [-0.3, -0.25) is 24.1 Å². The molecule has 1 saturated carbocycles. The second kappa shape index (κ2) is 6.40. The number of anilines is 1. The van der Waals surface area contributed by atoms with Crippen molar-refractivity contribution in [3.05, 3.63) is 33.4 Å². The zero-order valence-corrected chi connectivity index (χ0v) is 15.4. The van der Waals surface area contributed by atoms with E-state index in [1.807, 2.05) is 29.5 Å². The van der Waals surface area contributed by atoms with Crippen LogP contribution in [-0.4, -0.2) is 31.2 Å². The average Bonchev–Trinajstić information content (AvgIpc) is 3.04. The normalized spacial score (nSPS) is 21.7. The van der Waals surface area contributed by atoms with Crippen LogP contribution >= 0.6 is 11.8 Å². The summed E-state index contributed by atoms with van der Waals surface area (Å²) in [5, 5.41) is 10.1. The quantitative estimate of drug-likeness (QED) is 0.861. The van der Waals surface area contributed by atoms with E-state index in [1.165, 1.54) is 18.2 Å². The summed E-state index contributed by atoms with van der Waals surface area (Å²) in [7, 11) is 1.89. The summed E-state index contributed by atoms with van der Waals surface area (Å²) in [6, 6.07) is 0.254. The van der Waals surface area contributed by atoms with Crippen LogP contribution in [-0.2, 0) is 11.8 Å². The van der Waals surface area contributed by atoms with E-state index in [-0.39, 0.29) is 22.8 Å². The fourth-order valence-corrected chi connectivity index (χ4v) is 5.06. The molecule has 1 fully saturated rings. The third kappa shape index (κ3) is 2.82. The molecule has 0 radical (unpaired) electrons. The minimum Gasteiger partial charge on any atom is -0.310 e. The van der Waals surface area contributed by atoms with Crippen LogP contribution in [0.3, 0.4) is 0 Å². The molecule has 134 valence electrons. The van der Waals surface area contributed by atoms with Gasteiger partial charge in [0, 0.05) is 18.3 Å². The van der Waals surface area contributed by atoms with Crippen LogP contribution in [0.5, 0.6) is 0 Å². The van der Waals surface area contributed by atoms with Crippen molar-refractivity contribution in [1.29, 1.82) is 0 Å². The van der Waals surface area contributed by atoms with Gasteiger partial charge in [0.1, 0.15) is 5.82 Å². The van der Waals surface area contributed by atoms with Crippen molar-refractivity contribution in [1.82, 2.24) is 19.6 Å². The highest BCUT2D eigenvalue weighted by Crippen LogP contribution is 2.42. The van der Waals surface area contributed by atoms with Gasteiger partial charge >= 0.3 is 0 Å². The van der Waals surface area contributed by atoms with Crippen molar-refractivity contribution in [3.8, 4) is 0 Å². The summed E-state index contributed by atoms with van der Waals surface area (Å²) in [4.78, 5) is 25.1. The average molecular weight is 361 g/mol. The van der Waals surface area contributed by atoms with Gasteiger partial charge in [-0.05, 0) is 19.8 Å². The highest BCUT2D eigenvalue weighted by atomic mass is 32.2. The second-order valence-electron chi connectivity index (χ2n) is 6.91. The van der Waals surface area contributed by atoms with Gasteiger partial charge in [0.15, 0.2) is 0 Å². The number of amides is 1. The lowest BCUT2D eigenvalue weighted by molar-refractivity contribution is -0.113. The van der Waals surface area contributed by atoms with Crippen LogP contribution < -0.4 is 10.9 Å². The molecule has 2 N–H and O–H groups in total. The number of carbonyl (C=O) groups excluding carboxylic acids is 1. The predicted octanol–water partition coefficient (Wildman–Crippen LogP) is 2.50. The van der Waals surface area contributed by atoms with Gasteiger partial charge in [-0.25, -0.2) is 0 Å². The molecule has 2 aliphatic rings. The summed E-state index contributed by atoms with van der Waals surface area (Å²) < 4.78 is 3.72. The molecule has 1 aliphatic heterocycles. The first kappa shape index (κ1) is 16.5. The Morgan fingerprint density at radius 2 is 2.00 bits per heavy atom. The van der Waals surface area contributed by atoms with Crippen LogP contribution in [0.2, 0.25) is 0 Å². The highest BCUT2D eigenvalue weighted by molar-refractivity contribution is 8.00. The van der Waals surface area contributed by atoms with Crippen LogP contribution in [0.25, 0.3) is 0 Å². The van der Waals surface area contributed by atoms with Crippen LogP contribution in [0.1, 0.15) is 60.2 Å². The lowest BCUT2D eigenvalue weighted by Crippen LogP contribution is -2.21. The lowest BCUT2D eigenvalue weighted by atomic mass is 9.95. The topological polar surface area (TPSA) is 84.7 Å². The van der Waals surface area contributed by atoms with E-state index in [0.717, 1.165) is 36.9 Å². The SMILES string of the molecule is Cc1c([C@H]2SCC(=O)Nc3c2c(=O)[nH]n3C2CCCCC2)cnn1C. The third-order valence-electron chi connectivity index (χ3n) is 5.36. The van der Waals surface area contributed by atoms with E-state index in [0.29, 0.717) is 17.1 Å². The number of H-pyrrole nitrogens is 1. The molecule has 8 heteroatoms. The van der Waals surface area contributed by atoms with Crippen molar-refractivity contribution in [3.63, 3.8) is 0 Å². The molecular formula is C17H23N5O2S. The molecule has 25 heavy (non-hydrogen) atoms. The molecule has 1 atom stereocenters. The fraction of sp³-hybridized carbons (Fsp3) is 0.588. The molecule has 3 heterocycles. The van der Waals surface area contributed by atoms with Crippen molar-refractivity contribution in [2.24, 2.45) is 7.05 Å². The van der Waals surface area contributed by atoms with E-state index in [4.69, 9.17) is 0 Å². The summed E-state index contributed by atoms with van der Waals surface area (Å²) in [6.07, 6.45) is 7.45. The molecule has 4 rings (SSSR count). The predicted molar refractivity (Wildman–Crippen MR) is 98.1 cm³/mol. The van der Waals surface area contributed by atoms with Gasteiger partial charge in [0.25, 0.3) is 5.56 Å². The molecule has 1 amide bonds. The van der Waals surface area contributed by atoms with Crippen molar-refractivity contribution in [2.45, 2.75) is 50.3 Å². The Morgan fingerprint density at radius 3 is 2.68 bits per heavy atom. The monoisotopic (exact) mass is 361 g/mol. The smallest absolute Gasteiger partial charge is 0.270 e. The molecule has 0 aromatic carbocycles. The maximum atomic E-state index is 12.8. The summed E-state index contributed by atoms with van der Waals surface area (Å²) in [5.74, 6) is 0.927. The number of hydrogen-bond donors (Lipinski definition) is 2. The molecule has 0 unspecified atom stereocenters. The zero-order chi connectivity index (χ0) is 17.6. The number of nitrogens with one attached hydrogen (secondary N) is 2. The zero-order valence-electron chi connectivity index (χ0n) is 14.5. The molecule has 0 saturated heterocycles. The number of hydrogen-bond acceptors (Lipinski definition) is 4. The van der Waals surface area contributed by atoms with Crippen molar-refractivity contribution in [2.75, 3.05) is 11.1 Å². The van der Waals surface area contributed by atoms with Gasteiger partial charge in [-0.15, -0.1) is 11.8 Å². The Balaban J connectivity index is 1.84. The van der Waals surface area contributed by atoms with Crippen molar-refractivity contribution >= 4 is 23.5 Å². The highest BCUT2D eigenvalue weighted by Gasteiger charge is 2.33. The third-order valence-corrected chi connectivity index (χ3v) is 6.61. The lowest BCUT2D eigenvalue weighted by Gasteiger charge is -2.24. The summed E-state index contributed by atoms with van der Waals surface area (Å²) in [6.45, 7) is 2.00. The van der Waals surface area contributed by atoms with Crippen LogP contribution in [0.15, 0.2) is 11.0 Å². The standard InChI is InChI=1S/C17H23N5O2S/c1-10-12(8-18-21(10)2)15-14-16(19-13(23)9-25-15)22(20-17(14)24)11-6-4-3-5-7-11/h8,11,15H,3-7,9H2,1-2H3,(H,19,23)(H,20,24)/t15-/m1/s1. The Bertz CT molecular complexity index is 859. The first-order valence-corrected chi connectivity index (χ1v) is 9.85. The van der Waals surface area contributed by atoms with E-state index in [2.05, 4.69) is 15.5 Å². The first-order chi connectivity index (χ1) is 12.1. The van der Waals surface area contributed by atoms with Gasteiger partial charge < -0.3 is 5.32 Å². The van der Waals surface area contributed by atoms with Crippen LogP contribution in [0, 0.1) is 6.92 Å². The number of thioether (sulfide) groups is 1. The molecule has 0 bridgehead atoms. The Kier molecular flexibility index (Phi) is 4.23. The minimum atomic E-state index is -0.184. The van der Waals surface area contributed by atoms with Gasteiger partial charge in [0.2, 0.25) is 5.91 Å².